The van der Waals surface area contributed by atoms with Crippen LogP contribution in [0, 0.1) is 25.7 Å². The average molecular weight is 556 g/mol. The van der Waals surface area contributed by atoms with Crippen molar-refractivity contribution in [1.82, 2.24) is 5.32 Å². The van der Waals surface area contributed by atoms with Crippen molar-refractivity contribution in [3.05, 3.63) is 148 Å². The fraction of sp³-hybridized carbons (Fsp3) is 0.366. The number of benzene rings is 4. The van der Waals surface area contributed by atoms with E-state index >= 15 is 0 Å². The molecule has 3 atom stereocenters. The predicted molar refractivity (Wildman–Crippen MR) is 181 cm³/mol. The molecule has 1 N–H and O–H groups in total. The lowest BCUT2D eigenvalue weighted by atomic mass is 9.73. The molecule has 5 rings (SSSR count). The van der Waals surface area contributed by atoms with Crippen LogP contribution in [0.4, 0.5) is 0 Å². The fourth-order valence-corrected chi connectivity index (χ4v) is 7.35. The van der Waals surface area contributed by atoms with Crippen molar-refractivity contribution >= 4 is 5.57 Å². The normalized spacial score (nSPS) is 16.8. The Kier molecular flexibility index (Phi) is 9.80. The highest BCUT2D eigenvalue weighted by atomic mass is 15.0. The molecule has 0 aliphatic heterocycles. The molecule has 3 unspecified atom stereocenters. The zero-order valence-electron chi connectivity index (χ0n) is 26.4. The van der Waals surface area contributed by atoms with Gasteiger partial charge in [-0.05, 0) is 90.8 Å². The van der Waals surface area contributed by atoms with E-state index in [1.807, 2.05) is 0 Å². The largest absolute Gasteiger partial charge is 0.304 e. The van der Waals surface area contributed by atoms with Crippen molar-refractivity contribution in [3.63, 3.8) is 0 Å². The first-order valence-corrected chi connectivity index (χ1v) is 16.1. The van der Waals surface area contributed by atoms with Crippen LogP contribution in [-0.2, 0) is 6.42 Å². The lowest BCUT2D eigenvalue weighted by Gasteiger charge is -2.42. The van der Waals surface area contributed by atoms with Crippen molar-refractivity contribution in [1.29, 1.82) is 0 Å². The van der Waals surface area contributed by atoms with Crippen LogP contribution >= 0.6 is 0 Å². The molecular formula is C41H49N. The maximum atomic E-state index is 4.32. The third kappa shape index (κ3) is 6.96. The van der Waals surface area contributed by atoms with E-state index in [0.717, 1.165) is 6.42 Å². The first-order valence-electron chi connectivity index (χ1n) is 16.1. The molecular weight excluding hydrogens is 506 g/mol. The van der Waals surface area contributed by atoms with Gasteiger partial charge in [-0.3, -0.25) is 0 Å². The molecule has 4 aromatic carbocycles. The van der Waals surface area contributed by atoms with Gasteiger partial charge in [-0.25, -0.2) is 0 Å². The van der Waals surface area contributed by atoms with E-state index in [1.54, 1.807) is 0 Å². The summed E-state index contributed by atoms with van der Waals surface area (Å²) >= 11 is 0. The Morgan fingerprint density at radius 2 is 1.19 bits per heavy atom. The standard InChI is InChI=1S/C41H49N/c1-30-19-13-15-25-36(30)29-32(3)38(39(34-21-9-6-10-22-34)35-23-11-7-12-24-35)33(4)40(37-26-16-14-20-31(37)2)42-41(5)27-17-8-18-28-41/h6-7,9-16,19-26,32-33,40,42H,8,17-18,27-29H2,1-5H3. The molecule has 42 heavy (non-hydrogen) atoms. The van der Waals surface area contributed by atoms with Crippen LogP contribution in [0.2, 0.25) is 0 Å². The van der Waals surface area contributed by atoms with Crippen LogP contribution in [0.3, 0.4) is 0 Å². The molecule has 1 heteroatoms. The molecule has 1 aliphatic rings. The molecule has 0 radical (unpaired) electrons. The molecule has 1 fully saturated rings. The summed E-state index contributed by atoms with van der Waals surface area (Å²) in [5.74, 6) is 0.628. The van der Waals surface area contributed by atoms with Crippen molar-refractivity contribution in [2.75, 3.05) is 0 Å². The second-order valence-corrected chi connectivity index (χ2v) is 13.0. The molecule has 1 aliphatic carbocycles. The molecule has 4 aromatic rings. The second kappa shape index (κ2) is 13.7. The minimum atomic E-state index is 0.142. The minimum absolute atomic E-state index is 0.142. The number of hydrogen-bond donors (Lipinski definition) is 1. The third-order valence-electron chi connectivity index (χ3n) is 9.71. The van der Waals surface area contributed by atoms with Gasteiger partial charge in [0.25, 0.3) is 0 Å². The monoisotopic (exact) mass is 555 g/mol. The topological polar surface area (TPSA) is 12.0 Å². The van der Waals surface area contributed by atoms with Crippen LogP contribution in [0.25, 0.3) is 5.57 Å². The maximum absolute atomic E-state index is 4.32. The molecule has 0 amide bonds. The average Bonchev–Trinajstić information content (AvgIpc) is 3.01. The number of aryl methyl sites for hydroxylation is 2. The molecule has 0 saturated heterocycles. The number of hydrogen-bond acceptors (Lipinski definition) is 1. The molecule has 0 bridgehead atoms. The maximum Gasteiger partial charge on any atom is 0.0391 e. The van der Waals surface area contributed by atoms with Crippen LogP contribution in [-0.4, -0.2) is 5.54 Å². The molecule has 1 saturated carbocycles. The van der Waals surface area contributed by atoms with Crippen LogP contribution in [0.1, 0.15) is 92.3 Å². The molecule has 0 heterocycles. The Hall–Kier alpha value is -3.42. The molecule has 1 nitrogen and oxygen atoms in total. The van der Waals surface area contributed by atoms with Crippen molar-refractivity contribution in [2.45, 2.75) is 84.7 Å². The van der Waals surface area contributed by atoms with E-state index in [0.29, 0.717) is 5.92 Å². The van der Waals surface area contributed by atoms with Crippen molar-refractivity contribution in [3.8, 4) is 0 Å². The Labute approximate surface area is 255 Å². The van der Waals surface area contributed by atoms with Crippen LogP contribution in [0.15, 0.2) is 115 Å². The highest BCUT2D eigenvalue weighted by Crippen LogP contribution is 2.43. The van der Waals surface area contributed by atoms with Gasteiger partial charge in [-0.2, -0.15) is 0 Å². The van der Waals surface area contributed by atoms with Gasteiger partial charge >= 0.3 is 0 Å². The summed E-state index contributed by atoms with van der Waals surface area (Å²) < 4.78 is 0. The Balaban J connectivity index is 1.72. The molecule has 218 valence electrons. The predicted octanol–water partition coefficient (Wildman–Crippen LogP) is 10.7. The second-order valence-electron chi connectivity index (χ2n) is 13.0. The molecule has 0 spiro atoms. The molecule has 0 aromatic heterocycles. The number of nitrogens with one attached hydrogen (secondary N) is 1. The smallest absolute Gasteiger partial charge is 0.0391 e. The van der Waals surface area contributed by atoms with E-state index in [-0.39, 0.29) is 17.5 Å². The van der Waals surface area contributed by atoms with Gasteiger partial charge in [0.2, 0.25) is 0 Å². The highest BCUT2D eigenvalue weighted by molar-refractivity contribution is 5.82. The Bertz CT molecular complexity index is 1420. The van der Waals surface area contributed by atoms with E-state index < -0.39 is 0 Å². The summed E-state index contributed by atoms with van der Waals surface area (Å²) in [7, 11) is 0. The zero-order valence-corrected chi connectivity index (χ0v) is 26.4. The van der Waals surface area contributed by atoms with Gasteiger partial charge in [0.15, 0.2) is 0 Å². The van der Waals surface area contributed by atoms with E-state index in [9.17, 15) is 0 Å². The van der Waals surface area contributed by atoms with E-state index in [1.165, 1.54) is 76.6 Å². The van der Waals surface area contributed by atoms with Gasteiger partial charge in [-0.1, -0.05) is 148 Å². The lowest BCUT2D eigenvalue weighted by molar-refractivity contribution is 0.207. The summed E-state index contributed by atoms with van der Waals surface area (Å²) in [6.07, 6.45) is 7.47. The van der Waals surface area contributed by atoms with Gasteiger partial charge in [0.1, 0.15) is 0 Å². The Morgan fingerprint density at radius 1 is 0.667 bits per heavy atom. The van der Waals surface area contributed by atoms with Gasteiger partial charge < -0.3 is 5.32 Å². The van der Waals surface area contributed by atoms with Crippen LogP contribution in [0.5, 0.6) is 0 Å². The third-order valence-corrected chi connectivity index (χ3v) is 9.71. The quantitative estimate of drug-likeness (QED) is 0.205. The SMILES string of the molecule is Cc1ccccc1CC(C)C(=C(c1ccccc1)c1ccccc1)C(C)C(NC1(C)CCCCC1)c1ccccc1C. The van der Waals surface area contributed by atoms with Crippen molar-refractivity contribution < 1.29 is 0 Å². The number of rotatable bonds is 10. The highest BCUT2D eigenvalue weighted by Gasteiger charge is 2.36. The van der Waals surface area contributed by atoms with E-state index in [4.69, 9.17) is 0 Å². The van der Waals surface area contributed by atoms with Gasteiger partial charge in [0, 0.05) is 11.6 Å². The first kappa shape index (κ1) is 30.1. The van der Waals surface area contributed by atoms with E-state index in [2.05, 4.69) is 149 Å². The summed E-state index contributed by atoms with van der Waals surface area (Å²) in [6, 6.07) is 40.4. The minimum Gasteiger partial charge on any atom is -0.304 e. The summed E-state index contributed by atoms with van der Waals surface area (Å²) in [5.41, 5.74) is 11.3. The fourth-order valence-electron chi connectivity index (χ4n) is 7.35. The zero-order chi connectivity index (χ0) is 29.5. The van der Waals surface area contributed by atoms with Gasteiger partial charge in [-0.15, -0.1) is 0 Å². The summed E-state index contributed by atoms with van der Waals surface area (Å²) in [5, 5.41) is 4.32. The summed E-state index contributed by atoms with van der Waals surface area (Å²) in [4.78, 5) is 0. The first-order chi connectivity index (χ1) is 20.4. The van der Waals surface area contributed by atoms with Crippen molar-refractivity contribution in [2.24, 2.45) is 11.8 Å². The Morgan fingerprint density at radius 3 is 1.76 bits per heavy atom. The lowest BCUT2D eigenvalue weighted by Crippen LogP contribution is -2.48. The van der Waals surface area contributed by atoms with Gasteiger partial charge in [0.05, 0.1) is 0 Å². The summed E-state index contributed by atoms with van der Waals surface area (Å²) in [6.45, 7) is 12.0. The van der Waals surface area contributed by atoms with Crippen LogP contribution < -0.4 is 5.32 Å².